The molecule has 1 saturated heterocycles. The first-order valence-corrected chi connectivity index (χ1v) is 6.04. The third kappa shape index (κ3) is 2.30. The Balaban J connectivity index is 2.25. The monoisotopic (exact) mass is 252 g/mol. The van der Waals surface area contributed by atoms with Crippen molar-refractivity contribution in [3.8, 4) is 5.88 Å². The van der Waals surface area contributed by atoms with Crippen LogP contribution < -0.4 is 4.74 Å². The lowest BCUT2D eigenvalue weighted by Crippen LogP contribution is -2.41. The van der Waals surface area contributed by atoms with Crippen molar-refractivity contribution >= 4 is 5.91 Å². The minimum atomic E-state index is -2.03. The van der Waals surface area contributed by atoms with Crippen LogP contribution in [0.3, 0.4) is 0 Å². The van der Waals surface area contributed by atoms with E-state index in [0.29, 0.717) is 19.0 Å². The van der Waals surface area contributed by atoms with Gasteiger partial charge in [0.1, 0.15) is 0 Å². The van der Waals surface area contributed by atoms with Crippen molar-refractivity contribution < 1.29 is 13.9 Å². The number of nitrogens with zero attached hydrogens (tertiary/aromatic N) is 2. The lowest BCUT2D eigenvalue weighted by molar-refractivity contribution is -0.142. The number of ether oxygens (including phenoxy) is 1. The highest BCUT2D eigenvalue weighted by atomic mass is 19.1. The molecule has 1 aromatic rings. The van der Waals surface area contributed by atoms with Gasteiger partial charge in [-0.05, 0) is 25.8 Å². The minimum absolute atomic E-state index is 0.284. The highest BCUT2D eigenvalue weighted by molar-refractivity contribution is 5.86. The SMILES string of the molecule is COc1cc([C@](C)(F)C(=O)N2CCCC2)ccn1. The van der Waals surface area contributed by atoms with E-state index >= 15 is 0 Å². The molecule has 1 aliphatic rings. The molecule has 0 aliphatic carbocycles. The van der Waals surface area contributed by atoms with E-state index in [0.717, 1.165) is 12.8 Å². The molecule has 0 radical (unpaired) electrons. The van der Waals surface area contributed by atoms with Crippen LogP contribution in [-0.4, -0.2) is 36.0 Å². The highest BCUT2D eigenvalue weighted by Gasteiger charge is 2.39. The zero-order valence-electron chi connectivity index (χ0n) is 10.6. The van der Waals surface area contributed by atoms with Crippen molar-refractivity contribution in [1.82, 2.24) is 9.88 Å². The van der Waals surface area contributed by atoms with Gasteiger partial charge < -0.3 is 9.64 Å². The third-order valence-corrected chi connectivity index (χ3v) is 3.28. The summed E-state index contributed by atoms with van der Waals surface area (Å²) in [7, 11) is 1.46. The summed E-state index contributed by atoms with van der Waals surface area (Å²) in [4.78, 5) is 17.6. The van der Waals surface area contributed by atoms with E-state index in [1.54, 1.807) is 4.90 Å². The number of hydrogen-bond donors (Lipinski definition) is 0. The number of amides is 1. The summed E-state index contributed by atoms with van der Waals surface area (Å²) in [5.74, 6) is -0.168. The zero-order valence-corrected chi connectivity index (χ0v) is 10.6. The molecular formula is C13H17FN2O2. The second-order valence-corrected chi connectivity index (χ2v) is 4.59. The molecule has 0 bridgehead atoms. The lowest BCUT2D eigenvalue weighted by atomic mass is 9.97. The molecule has 1 fully saturated rings. The van der Waals surface area contributed by atoms with E-state index in [-0.39, 0.29) is 5.56 Å². The maximum absolute atomic E-state index is 14.7. The predicted octanol–water partition coefficient (Wildman–Crippen LogP) is 1.90. The van der Waals surface area contributed by atoms with Gasteiger partial charge in [0.15, 0.2) is 0 Å². The van der Waals surface area contributed by atoms with E-state index in [4.69, 9.17) is 4.74 Å². The van der Waals surface area contributed by atoms with E-state index in [1.807, 2.05) is 0 Å². The number of carbonyl (C=O) groups excluding carboxylic acids is 1. The number of likely N-dealkylation sites (tertiary alicyclic amines) is 1. The Morgan fingerprint density at radius 2 is 2.17 bits per heavy atom. The molecule has 4 nitrogen and oxygen atoms in total. The minimum Gasteiger partial charge on any atom is -0.481 e. The Bertz CT molecular complexity index is 442. The summed E-state index contributed by atoms with van der Waals surface area (Å²) in [6.07, 6.45) is 3.34. The normalized spacial score (nSPS) is 18.5. The van der Waals surface area contributed by atoms with Crippen LogP contribution in [0.15, 0.2) is 18.3 Å². The smallest absolute Gasteiger partial charge is 0.264 e. The molecule has 2 rings (SSSR count). The fourth-order valence-corrected chi connectivity index (χ4v) is 2.15. The van der Waals surface area contributed by atoms with Gasteiger partial charge >= 0.3 is 0 Å². The number of aromatic nitrogens is 1. The molecule has 18 heavy (non-hydrogen) atoms. The number of methoxy groups -OCH3 is 1. The number of hydrogen-bond acceptors (Lipinski definition) is 3. The number of carbonyl (C=O) groups is 1. The average Bonchev–Trinajstić information content (AvgIpc) is 2.91. The summed E-state index contributed by atoms with van der Waals surface area (Å²) >= 11 is 0. The standard InChI is InChI=1S/C13H17FN2O2/c1-13(14,12(17)16-7-3-4-8-16)10-5-6-15-11(9-10)18-2/h5-6,9H,3-4,7-8H2,1-2H3/t13-/m0/s1. The van der Waals surface area contributed by atoms with Crippen LogP contribution in [0.25, 0.3) is 0 Å². The molecule has 0 N–H and O–H groups in total. The van der Waals surface area contributed by atoms with E-state index in [2.05, 4.69) is 4.98 Å². The third-order valence-electron chi connectivity index (χ3n) is 3.28. The Morgan fingerprint density at radius 3 is 2.78 bits per heavy atom. The van der Waals surface area contributed by atoms with Crippen molar-refractivity contribution in [2.75, 3.05) is 20.2 Å². The van der Waals surface area contributed by atoms with Gasteiger partial charge in [-0.2, -0.15) is 0 Å². The van der Waals surface area contributed by atoms with E-state index in [9.17, 15) is 9.18 Å². The summed E-state index contributed by atoms with van der Waals surface area (Å²) in [5.41, 5.74) is -1.74. The van der Waals surface area contributed by atoms with E-state index in [1.165, 1.54) is 32.4 Å². The molecule has 1 aliphatic heterocycles. The Hall–Kier alpha value is -1.65. The maximum atomic E-state index is 14.7. The molecule has 1 amide bonds. The number of rotatable bonds is 3. The van der Waals surface area contributed by atoms with Gasteiger partial charge in [-0.25, -0.2) is 9.37 Å². The van der Waals surface area contributed by atoms with Crippen molar-refractivity contribution in [3.63, 3.8) is 0 Å². The Kier molecular flexibility index (Phi) is 3.50. The Morgan fingerprint density at radius 1 is 1.50 bits per heavy atom. The van der Waals surface area contributed by atoms with Crippen LogP contribution >= 0.6 is 0 Å². The van der Waals surface area contributed by atoms with Crippen LogP contribution in [0.4, 0.5) is 4.39 Å². The first-order valence-electron chi connectivity index (χ1n) is 6.04. The zero-order chi connectivity index (χ0) is 13.2. The number of halogens is 1. The highest BCUT2D eigenvalue weighted by Crippen LogP contribution is 2.30. The van der Waals surface area contributed by atoms with Gasteiger partial charge in [0, 0.05) is 30.9 Å². The van der Waals surface area contributed by atoms with Crippen LogP contribution in [0.5, 0.6) is 5.88 Å². The molecule has 1 aromatic heterocycles. The maximum Gasteiger partial charge on any atom is 0.264 e. The van der Waals surface area contributed by atoms with E-state index < -0.39 is 11.6 Å². The second kappa shape index (κ2) is 4.92. The van der Waals surface area contributed by atoms with Crippen molar-refractivity contribution in [1.29, 1.82) is 0 Å². The molecule has 0 saturated carbocycles. The quantitative estimate of drug-likeness (QED) is 0.825. The fourth-order valence-electron chi connectivity index (χ4n) is 2.15. The largest absolute Gasteiger partial charge is 0.481 e. The topological polar surface area (TPSA) is 42.4 Å². The van der Waals surface area contributed by atoms with Crippen LogP contribution in [0.1, 0.15) is 25.3 Å². The van der Waals surface area contributed by atoms with Crippen LogP contribution in [-0.2, 0) is 10.5 Å². The molecule has 2 heterocycles. The first-order chi connectivity index (χ1) is 8.55. The molecule has 0 aromatic carbocycles. The molecule has 98 valence electrons. The number of alkyl halides is 1. The average molecular weight is 252 g/mol. The Labute approximate surface area is 106 Å². The second-order valence-electron chi connectivity index (χ2n) is 4.59. The van der Waals surface area contributed by atoms with Gasteiger partial charge in [0.2, 0.25) is 11.5 Å². The van der Waals surface area contributed by atoms with Gasteiger partial charge in [-0.3, -0.25) is 4.79 Å². The molecular weight excluding hydrogens is 235 g/mol. The molecule has 0 spiro atoms. The van der Waals surface area contributed by atoms with Gasteiger partial charge in [-0.15, -0.1) is 0 Å². The summed E-state index contributed by atoms with van der Waals surface area (Å²) < 4.78 is 19.7. The first kappa shape index (κ1) is 12.8. The summed E-state index contributed by atoms with van der Waals surface area (Å²) in [5, 5.41) is 0. The van der Waals surface area contributed by atoms with Crippen molar-refractivity contribution in [2.45, 2.75) is 25.4 Å². The van der Waals surface area contributed by atoms with Gasteiger partial charge in [0.25, 0.3) is 5.91 Å². The lowest BCUT2D eigenvalue weighted by Gasteiger charge is -2.26. The number of pyridine rings is 1. The summed E-state index contributed by atoms with van der Waals surface area (Å²) in [6, 6.07) is 2.98. The fraction of sp³-hybridized carbons (Fsp3) is 0.538. The van der Waals surface area contributed by atoms with Crippen molar-refractivity contribution in [3.05, 3.63) is 23.9 Å². The van der Waals surface area contributed by atoms with Crippen LogP contribution in [0.2, 0.25) is 0 Å². The van der Waals surface area contributed by atoms with Gasteiger partial charge in [-0.1, -0.05) is 0 Å². The summed E-state index contributed by atoms with van der Waals surface area (Å²) in [6.45, 7) is 2.57. The van der Waals surface area contributed by atoms with Crippen molar-refractivity contribution in [2.24, 2.45) is 0 Å². The predicted molar refractivity (Wildman–Crippen MR) is 65.1 cm³/mol. The van der Waals surface area contributed by atoms with Crippen LogP contribution in [0, 0.1) is 0 Å². The van der Waals surface area contributed by atoms with Gasteiger partial charge in [0.05, 0.1) is 7.11 Å². The molecule has 5 heteroatoms. The molecule has 0 unspecified atom stereocenters. The molecule has 1 atom stereocenters.